The van der Waals surface area contributed by atoms with E-state index < -0.39 is 27.7 Å². The molecule has 1 amide bonds. The largest absolute Gasteiger partial charge is 0.494 e. The van der Waals surface area contributed by atoms with Crippen LogP contribution in [0.15, 0.2) is 59.5 Å². The third-order valence-electron chi connectivity index (χ3n) is 7.18. The van der Waals surface area contributed by atoms with Crippen LogP contribution < -0.4 is 10.1 Å². The molecule has 2 fully saturated rings. The number of rotatable bonds is 11. The van der Waals surface area contributed by atoms with Crippen LogP contribution in [0.2, 0.25) is 0 Å². The maximum Gasteiger partial charge on any atom is 0.325 e. The Morgan fingerprint density at radius 1 is 1.05 bits per heavy atom. The zero-order valence-electron chi connectivity index (χ0n) is 22.1. The molecule has 1 unspecified atom stereocenters. The second kappa shape index (κ2) is 12.3. The minimum Gasteiger partial charge on any atom is -0.494 e. The third-order valence-corrected chi connectivity index (χ3v) is 9.09. The predicted octanol–water partition coefficient (Wildman–Crippen LogP) is 2.95. The van der Waals surface area contributed by atoms with Gasteiger partial charge in [-0.25, -0.2) is 8.42 Å². The average Bonchev–Trinajstić information content (AvgIpc) is 3.15. The molecule has 10 heteroatoms. The first kappa shape index (κ1) is 28.1. The Morgan fingerprint density at radius 3 is 2.37 bits per heavy atom. The van der Waals surface area contributed by atoms with E-state index in [0.717, 1.165) is 18.4 Å². The fraction of sp³-hybridized carbons (Fsp3) is 0.500. The number of ether oxygens (including phenoxy) is 2. The number of nitrogens with one attached hydrogen (secondary N) is 1. The van der Waals surface area contributed by atoms with Crippen molar-refractivity contribution in [3.63, 3.8) is 0 Å². The molecule has 1 spiro atoms. The van der Waals surface area contributed by atoms with E-state index in [-0.39, 0.29) is 37.0 Å². The Labute approximate surface area is 225 Å². The molecule has 0 aromatic heterocycles. The van der Waals surface area contributed by atoms with Gasteiger partial charge in [0.25, 0.3) is 0 Å². The second-order valence-corrected chi connectivity index (χ2v) is 11.7. The smallest absolute Gasteiger partial charge is 0.325 e. The lowest BCUT2D eigenvalue weighted by Crippen LogP contribution is -2.60. The molecular formula is C28H37N3O6S. The number of sulfonamides is 1. The summed E-state index contributed by atoms with van der Waals surface area (Å²) in [6, 6.07) is 15.7. The minimum atomic E-state index is -3.72. The van der Waals surface area contributed by atoms with Crippen LogP contribution >= 0.6 is 0 Å². The van der Waals surface area contributed by atoms with Crippen molar-refractivity contribution in [3.05, 3.63) is 60.2 Å². The molecule has 1 N–H and O–H groups in total. The summed E-state index contributed by atoms with van der Waals surface area (Å²) >= 11 is 0. The molecule has 2 aliphatic rings. The van der Waals surface area contributed by atoms with E-state index in [2.05, 4.69) is 12.2 Å². The number of unbranched alkanes of at least 4 members (excludes halogenated alkanes) is 1. The fourth-order valence-electron chi connectivity index (χ4n) is 5.12. The zero-order chi connectivity index (χ0) is 27.2. The quantitative estimate of drug-likeness (QED) is 0.343. The first-order valence-electron chi connectivity index (χ1n) is 13.3. The van der Waals surface area contributed by atoms with Gasteiger partial charge in [0.05, 0.1) is 29.8 Å². The highest BCUT2D eigenvalue weighted by Crippen LogP contribution is 2.35. The predicted molar refractivity (Wildman–Crippen MR) is 143 cm³/mol. The average molecular weight is 544 g/mol. The summed E-state index contributed by atoms with van der Waals surface area (Å²) in [5, 5.41) is 3.48. The van der Waals surface area contributed by atoms with Crippen molar-refractivity contribution in [2.45, 2.75) is 62.6 Å². The first-order chi connectivity index (χ1) is 18.3. The van der Waals surface area contributed by atoms with Crippen LogP contribution in [0.3, 0.4) is 0 Å². The number of piperidine rings is 1. The van der Waals surface area contributed by atoms with Crippen molar-refractivity contribution in [2.75, 3.05) is 32.8 Å². The van der Waals surface area contributed by atoms with Gasteiger partial charge in [-0.05, 0) is 62.4 Å². The van der Waals surface area contributed by atoms with Crippen molar-refractivity contribution in [1.29, 1.82) is 0 Å². The van der Waals surface area contributed by atoms with Crippen LogP contribution in [0.1, 0.15) is 45.1 Å². The molecule has 1 atom stereocenters. The number of nitrogens with zero attached hydrogens (tertiary/aromatic N) is 2. The normalized spacial score (nSPS) is 19.6. The lowest BCUT2D eigenvalue weighted by molar-refractivity contribution is -0.151. The lowest BCUT2D eigenvalue weighted by atomic mass is 9.97. The van der Waals surface area contributed by atoms with Crippen LogP contribution in [0.5, 0.6) is 5.75 Å². The minimum absolute atomic E-state index is 0.169. The number of esters is 1. The van der Waals surface area contributed by atoms with Crippen molar-refractivity contribution in [1.82, 2.24) is 14.5 Å². The molecule has 9 nitrogen and oxygen atoms in total. The molecule has 4 rings (SSSR count). The number of hydrogen-bond acceptors (Lipinski definition) is 7. The van der Waals surface area contributed by atoms with Crippen molar-refractivity contribution >= 4 is 21.9 Å². The van der Waals surface area contributed by atoms with Gasteiger partial charge in [0.2, 0.25) is 15.9 Å². The van der Waals surface area contributed by atoms with Gasteiger partial charge in [0.1, 0.15) is 12.3 Å². The Hall–Kier alpha value is -2.95. The Bertz CT molecular complexity index is 1190. The van der Waals surface area contributed by atoms with Crippen molar-refractivity contribution in [3.8, 4) is 5.75 Å². The highest BCUT2D eigenvalue weighted by molar-refractivity contribution is 7.89. The van der Waals surface area contributed by atoms with Crippen LogP contribution in [0, 0.1) is 0 Å². The summed E-state index contributed by atoms with van der Waals surface area (Å²) in [5.41, 5.74) is 0.195. The summed E-state index contributed by atoms with van der Waals surface area (Å²) in [5.74, 6) is -0.00159. The van der Waals surface area contributed by atoms with Gasteiger partial charge in [-0.15, -0.1) is 0 Å². The van der Waals surface area contributed by atoms with Crippen LogP contribution in [0.4, 0.5) is 0 Å². The molecule has 0 saturated carbocycles. The summed E-state index contributed by atoms with van der Waals surface area (Å²) in [4.78, 5) is 27.6. The Balaban J connectivity index is 1.48. The van der Waals surface area contributed by atoms with E-state index in [9.17, 15) is 18.0 Å². The second-order valence-electron chi connectivity index (χ2n) is 9.73. The Morgan fingerprint density at radius 2 is 1.74 bits per heavy atom. The van der Waals surface area contributed by atoms with E-state index in [0.29, 0.717) is 31.6 Å². The van der Waals surface area contributed by atoms with Gasteiger partial charge < -0.3 is 14.4 Å². The fourth-order valence-corrected chi connectivity index (χ4v) is 6.56. The third kappa shape index (κ3) is 6.19. The molecule has 0 bridgehead atoms. The van der Waals surface area contributed by atoms with E-state index in [4.69, 9.17) is 9.47 Å². The molecular weight excluding hydrogens is 506 g/mol. The van der Waals surface area contributed by atoms with E-state index in [1.54, 1.807) is 36.1 Å². The highest BCUT2D eigenvalue weighted by Gasteiger charge is 2.53. The zero-order valence-corrected chi connectivity index (χ0v) is 22.9. The summed E-state index contributed by atoms with van der Waals surface area (Å²) in [7, 11) is -3.72. The molecule has 2 aliphatic heterocycles. The van der Waals surface area contributed by atoms with E-state index >= 15 is 0 Å². The van der Waals surface area contributed by atoms with Crippen molar-refractivity contribution < 1.29 is 27.5 Å². The standard InChI is InChI=1S/C28H37N3O6S/c1-3-5-19-37-23-11-13-24(14-12-23)38(34,35)30-17-15-28(16-18-30)29-25(20-22-9-7-6-8-10-22)27(33)31(28)21-26(32)36-4-2/h6-14,25,29H,3-5,15-21H2,1-2H3. The number of benzene rings is 2. The van der Waals surface area contributed by atoms with Crippen LogP contribution in [0.25, 0.3) is 0 Å². The maximum atomic E-state index is 13.5. The van der Waals surface area contributed by atoms with Crippen molar-refractivity contribution in [2.24, 2.45) is 0 Å². The summed E-state index contributed by atoms with van der Waals surface area (Å²) in [6.45, 7) is 4.89. The topological polar surface area (TPSA) is 105 Å². The van der Waals surface area contributed by atoms with Gasteiger partial charge in [0.15, 0.2) is 0 Å². The molecule has 0 aliphatic carbocycles. The number of hydrogen-bond donors (Lipinski definition) is 1. The summed E-state index contributed by atoms with van der Waals surface area (Å²) < 4.78 is 39.0. The summed E-state index contributed by atoms with van der Waals surface area (Å²) in [6.07, 6.45) is 3.16. The van der Waals surface area contributed by atoms with Gasteiger partial charge in [-0.3, -0.25) is 14.9 Å². The Kier molecular flexibility index (Phi) is 9.07. The molecule has 2 heterocycles. The SMILES string of the molecule is CCCCOc1ccc(S(=O)(=O)N2CCC3(CC2)NC(Cc2ccccc2)C(=O)N3CC(=O)OCC)cc1. The maximum absolute atomic E-state index is 13.5. The molecule has 2 aromatic rings. The molecule has 2 aromatic carbocycles. The molecule has 2 saturated heterocycles. The number of carbonyl (C=O) groups is 2. The first-order valence-corrected chi connectivity index (χ1v) is 14.7. The van der Waals surface area contributed by atoms with E-state index in [1.165, 1.54) is 4.31 Å². The van der Waals surface area contributed by atoms with Crippen LogP contribution in [-0.4, -0.2) is 74.1 Å². The number of amides is 1. The molecule has 206 valence electrons. The van der Waals surface area contributed by atoms with Gasteiger partial charge in [-0.1, -0.05) is 43.7 Å². The van der Waals surface area contributed by atoms with Crippen LogP contribution in [-0.2, 0) is 30.8 Å². The van der Waals surface area contributed by atoms with Gasteiger partial charge >= 0.3 is 5.97 Å². The highest BCUT2D eigenvalue weighted by atomic mass is 32.2. The van der Waals surface area contributed by atoms with Gasteiger partial charge in [-0.2, -0.15) is 4.31 Å². The molecule has 0 radical (unpaired) electrons. The lowest BCUT2D eigenvalue weighted by Gasteiger charge is -2.43. The van der Waals surface area contributed by atoms with E-state index in [1.807, 2.05) is 30.3 Å². The molecule has 38 heavy (non-hydrogen) atoms. The number of carbonyl (C=O) groups excluding carboxylic acids is 2. The van der Waals surface area contributed by atoms with Gasteiger partial charge in [0, 0.05) is 13.1 Å². The monoisotopic (exact) mass is 543 g/mol.